The maximum atomic E-state index is 11.1. The van der Waals surface area contributed by atoms with E-state index in [1.807, 2.05) is 0 Å². The van der Waals surface area contributed by atoms with Crippen molar-refractivity contribution in [1.29, 1.82) is 0 Å². The first-order valence-electron chi connectivity index (χ1n) is 4.55. The Bertz CT molecular complexity index is 219. The molecule has 0 radical (unpaired) electrons. The molecule has 0 aliphatic carbocycles. The summed E-state index contributed by atoms with van der Waals surface area (Å²) in [6, 6.07) is 0. The number of carbonyl (C=O) groups is 2. The number of hydrogen-bond acceptors (Lipinski definition) is 3. The lowest BCUT2D eigenvalue weighted by Gasteiger charge is -2.34. The zero-order valence-corrected chi connectivity index (χ0v) is 8.40. The first-order valence-corrected chi connectivity index (χ1v) is 4.55. The summed E-state index contributed by atoms with van der Waals surface area (Å²) < 4.78 is 5.09. The van der Waals surface area contributed by atoms with Crippen LogP contribution in [0.2, 0.25) is 0 Å². The largest absolute Gasteiger partial charge is 0.481 e. The number of carbonyl (C=O) groups excluding carboxylic acids is 1. The van der Waals surface area contributed by atoms with Crippen LogP contribution in [0.25, 0.3) is 0 Å². The van der Waals surface area contributed by atoms with Crippen LogP contribution in [-0.4, -0.2) is 48.2 Å². The second kappa shape index (κ2) is 4.41. The highest BCUT2D eigenvalue weighted by Crippen LogP contribution is 2.19. The van der Waals surface area contributed by atoms with E-state index in [9.17, 15) is 9.59 Å². The molecule has 1 aliphatic rings. The highest BCUT2D eigenvalue weighted by Gasteiger charge is 2.32. The number of aliphatic carboxylic acids is 1. The zero-order chi connectivity index (χ0) is 10.7. The van der Waals surface area contributed by atoms with E-state index in [-0.39, 0.29) is 12.0 Å². The van der Waals surface area contributed by atoms with Gasteiger partial charge in [0.1, 0.15) is 0 Å². The van der Waals surface area contributed by atoms with Crippen LogP contribution >= 0.6 is 0 Å². The van der Waals surface area contributed by atoms with Gasteiger partial charge in [0.15, 0.2) is 0 Å². The number of rotatable bonds is 2. The van der Waals surface area contributed by atoms with Crippen LogP contribution in [0.1, 0.15) is 13.3 Å². The maximum Gasteiger partial charge on any atom is 0.308 e. The molecule has 0 saturated carbocycles. The molecule has 1 heterocycles. The Morgan fingerprint density at radius 1 is 1.43 bits per heavy atom. The Labute approximate surface area is 82.6 Å². The molecular formula is C9H15NO4. The predicted molar refractivity (Wildman–Crippen MR) is 48.8 cm³/mol. The van der Waals surface area contributed by atoms with Crippen LogP contribution in [0.3, 0.4) is 0 Å². The third kappa shape index (κ3) is 2.45. The molecule has 1 N–H and O–H groups in total. The van der Waals surface area contributed by atoms with Crippen molar-refractivity contribution < 1.29 is 19.4 Å². The molecule has 0 spiro atoms. The molecule has 1 aliphatic heterocycles. The highest BCUT2D eigenvalue weighted by molar-refractivity contribution is 5.76. The molecule has 1 fully saturated rings. The summed E-state index contributed by atoms with van der Waals surface area (Å²) in [5.74, 6) is -1.46. The summed E-state index contributed by atoms with van der Waals surface area (Å²) in [5, 5.41) is 8.86. The van der Waals surface area contributed by atoms with Gasteiger partial charge >= 0.3 is 5.97 Å². The fourth-order valence-electron chi connectivity index (χ4n) is 1.66. The van der Waals surface area contributed by atoms with Gasteiger partial charge in [0.2, 0.25) is 5.91 Å². The summed E-state index contributed by atoms with van der Waals surface area (Å²) in [7, 11) is 1.53. The van der Waals surface area contributed by atoms with Gasteiger partial charge < -0.3 is 14.7 Å². The van der Waals surface area contributed by atoms with E-state index >= 15 is 0 Å². The summed E-state index contributed by atoms with van der Waals surface area (Å²) in [5.41, 5.74) is 0. The van der Waals surface area contributed by atoms with E-state index in [1.54, 1.807) is 0 Å². The number of carboxylic acids is 1. The van der Waals surface area contributed by atoms with Crippen molar-refractivity contribution in [3.63, 3.8) is 0 Å². The average Bonchev–Trinajstić information content (AvgIpc) is 2.16. The Hall–Kier alpha value is -1.10. The van der Waals surface area contributed by atoms with E-state index in [1.165, 1.54) is 18.9 Å². The number of hydrogen-bond donors (Lipinski definition) is 1. The van der Waals surface area contributed by atoms with E-state index in [0.29, 0.717) is 19.5 Å². The van der Waals surface area contributed by atoms with Crippen LogP contribution in [0.15, 0.2) is 0 Å². The first-order chi connectivity index (χ1) is 6.54. The molecule has 1 rings (SSSR count). The normalized spacial score (nSPS) is 27.4. The molecule has 2 atom stereocenters. The molecule has 0 unspecified atom stereocenters. The first kappa shape index (κ1) is 11.0. The van der Waals surface area contributed by atoms with Gasteiger partial charge in [-0.3, -0.25) is 9.59 Å². The van der Waals surface area contributed by atoms with Crippen molar-refractivity contribution in [2.75, 3.05) is 20.2 Å². The molecule has 0 aromatic carbocycles. The molecule has 1 saturated heterocycles. The van der Waals surface area contributed by atoms with Gasteiger partial charge in [-0.15, -0.1) is 0 Å². The molecule has 0 aromatic heterocycles. The van der Waals surface area contributed by atoms with Crippen LogP contribution in [0.5, 0.6) is 0 Å². The molecule has 5 heteroatoms. The third-order valence-corrected chi connectivity index (χ3v) is 2.54. The van der Waals surface area contributed by atoms with Gasteiger partial charge in [-0.2, -0.15) is 0 Å². The second-order valence-corrected chi connectivity index (χ2v) is 3.55. The monoisotopic (exact) mass is 201 g/mol. The van der Waals surface area contributed by atoms with Crippen LogP contribution in [0.4, 0.5) is 0 Å². The number of amides is 1. The number of nitrogens with zero attached hydrogens (tertiary/aromatic N) is 1. The third-order valence-electron chi connectivity index (χ3n) is 2.54. The van der Waals surface area contributed by atoms with Crippen molar-refractivity contribution in [2.45, 2.75) is 19.4 Å². The predicted octanol–water partition coefficient (Wildman–Crippen LogP) is -0.0456. The molecular weight excluding hydrogens is 186 g/mol. The van der Waals surface area contributed by atoms with Crippen LogP contribution in [-0.2, 0) is 14.3 Å². The van der Waals surface area contributed by atoms with Crippen molar-refractivity contribution in [2.24, 2.45) is 5.92 Å². The Kier molecular flexibility index (Phi) is 3.46. The van der Waals surface area contributed by atoms with Gasteiger partial charge in [-0.05, 0) is 6.42 Å². The summed E-state index contributed by atoms with van der Waals surface area (Å²) in [4.78, 5) is 23.4. The van der Waals surface area contributed by atoms with Gasteiger partial charge in [-0.1, -0.05) is 0 Å². The Morgan fingerprint density at radius 2 is 2.07 bits per heavy atom. The van der Waals surface area contributed by atoms with Gasteiger partial charge in [0.05, 0.1) is 12.0 Å². The number of likely N-dealkylation sites (tertiary alicyclic amines) is 1. The summed E-state index contributed by atoms with van der Waals surface area (Å²) in [6.07, 6.45) is 0.323. The van der Waals surface area contributed by atoms with E-state index in [2.05, 4.69) is 0 Å². The molecule has 14 heavy (non-hydrogen) atoms. The SMILES string of the molecule is CO[C@@H]1C[C@H](C(=O)O)CN(C(C)=O)C1. The van der Waals surface area contributed by atoms with E-state index < -0.39 is 11.9 Å². The van der Waals surface area contributed by atoms with E-state index in [4.69, 9.17) is 9.84 Å². The van der Waals surface area contributed by atoms with Crippen molar-refractivity contribution in [1.82, 2.24) is 4.90 Å². The van der Waals surface area contributed by atoms with Gasteiger partial charge in [-0.25, -0.2) is 0 Å². The van der Waals surface area contributed by atoms with Crippen molar-refractivity contribution in [3.8, 4) is 0 Å². The Morgan fingerprint density at radius 3 is 2.50 bits per heavy atom. The molecule has 5 nitrogen and oxygen atoms in total. The average molecular weight is 201 g/mol. The fourth-order valence-corrected chi connectivity index (χ4v) is 1.66. The standard InChI is InChI=1S/C9H15NO4/c1-6(11)10-4-7(9(12)13)3-8(5-10)14-2/h7-8H,3-5H2,1-2H3,(H,12,13)/t7-,8+/m0/s1. The number of piperidine rings is 1. The fraction of sp³-hybridized carbons (Fsp3) is 0.778. The maximum absolute atomic E-state index is 11.1. The molecule has 1 amide bonds. The van der Waals surface area contributed by atoms with Crippen molar-refractivity contribution in [3.05, 3.63) is 0 Å². The quantitative estimate of drug-likeness (QED) is 0.680. The van der Waals surface area contributed by atoms with Gasteiger partial charge in [0.25, 0.3) is 0 Å². The van der Waals surface area contributed by atoms with Crippen LogP contribution in [0, 0.1) is 5.92 Å². The number of methoxy groups -OCH3 is 1. The minimum atomic E-state index is -0.863. The summed E-state index contributed by atoms with van der Waals surface area (Å²) in [6.45, 7) is 2.23. The topological polar surface area (TPSA) is 66.8 Å². The second-order valence-electron chi connectivity index (χ2n) is 3.55. The lowest BCUT2D eigenvalue weighted by molar-refractivity contribution is -0.148. The van der Waals surface area contributed by atoms with Gasteiger partial charge in [0, 0.05) is 27.1 Å². The number of ether oxygens (including phenoxy) is 1. The summed E-state index contributed by atoms with van der Waals surface area (Å²) >= 11 is 0. The Balaban J connectivity index is 2.66. The molecule has 80 valence electrons. The lowest BCUT2D eigenvalue weighted by Crippen LogP contribution is -2.48. The van der Waals surface area contributed by atoms with Crippen LogP contribution < -0.4 is 0 Å². The smallest absolute Gasteiger partial charge is 0.308 e. The molecule has 0 bridgehead atoms. The molecule has 0 aromatic rings. The lowest BCUT2D eigenvalue weighted by atomic mass is 9.96. The van der Waals surface area contributed by atoms with E-state index in [0.717, 1.165) is 0 Å². The zero-order valence-electron chi connectivity index (χ0n) is 8.40. The minimum absolute atomic E-state index is 0.0991. The minimum Gasteiger partial charge on any atom is -0.481 e. The van der Waals surface area contributed by atoms with Crippen molar-refractivity contribution >= 4 is 11.9 Å². The highest BCUT2D eigenvalue weighted by atomic mass is 16.5. The number of carboxylic acid groups (broad SMARTS) is 1.